The Hall–Kier alpha value is -1.16. The average molecular weight is 236 g/mol. The van der Waals surface area contributed by atoms with E-state index in [1.54, 1.807) is 11.8 Å². The lowest BCUT2D eigenvalue weighted by atomic mass is 10.0. The van der Waals surface area contributed by atoms with Crippen molar-refractivity contribution in [3.05, 3.63) is 17.2 Å². The molecule has 0 amide bonds. The molecule has 0 spiro atoms. The highest BCUT2D eigenvalue weighted by Gasteiger charge is 2.26. The van der Waals surface area contributed by atoms with Crippen LogP contribution in [0, 0.1) is 0 Å². The molecule has 16 heavy (non-hydrogen) atoms. The number of hydrogen-bond donors (Lipinski definition) is 0. The molecule has 0 radical (unpaired) electrons. The lowest BCUT2D eigenvalue weighted by Crippen LogP contribution is -2.19. The van der Waals surface area contributed by atoms with Crippen molar-refractivity contribution in [3.8, 4) is 11.5 Å². The Morgan fingerprint density at radius 3 is 3.06 bits per heavy atom. The average Bonchev–Trinajstić information content (AvgIpc) is 2.73. The predicted octanol–water partition coefficient (Wildman–Crippen LogP) is 1.75. The zero-order chi connectivity index (χ0) is 11.1. The van der Waals surface area contributed by atoms with Gasteiger partial charge in [0.2, 0.25) is 6.79 Å². The summed E-state index contributed by atoms with van der Waals surface area (Å²) in [6.07, 6.45) is 5.36. The van der Waals surface area contributed by atoms with Gasteiger partial charge in [0.05, 0.1) is 10.5 Å². The Morgan fingerprint density at radius 2 is 2.25 bits per heavy atom. The van der Waals surface area contributed by atoms with E-state index in [0.717, 1.165) is 24.5 Å². The molecule has 2 aliphatic rings. The fourth-order valence-corrected chi connectivity index (χ4v) is 2.96. The summed E-state index contributed by atoms with van der Waals surface area (Å²) in [6, 6.07) is 2.13. The van der Waals surface area contributed by atoms with Gasteiger partial charge >= 0.3 is 0 Å². The molecule has 0 aliphatic carbocycles. The molecule has 0 atom stereocenters. The molecule has 3 nitrogen and oxygen atoms in total. The van der Waals surface area contributed by atoms with Crippen LogP contribution in [0.15, 0.2) is 11.0 Å². The lowest BCUT2D eigenvalue weighted by Gasteiger charge is -2.14. The summed E-state index contributed by atoms with van der Waals surface area (Å²) in [4.78, 5) is 1.21. The van der Waals surface area contributed by atoms with Crippen LogP contribution in [-0.4, -0.2) is 37.4 Å². The van der Waals surface area contributed by atoms with Crippen molar-refractivity contribution in [2.75, 3.05) is 26.6 Å². The molecular formula is C12H14NO2S+. The zero-order valence-electron chi connectivity index (χ0n) is 9.45. The molecule has 84 valence electrons. The van der Waals surface area contributed by atoms with Crippen molar-refractivity contribution in [1.29, 1.82) is 0 Å². The van der Waals surface area contributed by atoms with Crippen molar-refractivity contribution in [2.45, 2.75) is 11.3 Å². The highest BCUT2D eigenvalue weighted by atomic mass is 32.2. The van der Waals surface area contributed by atoms with Crippen molar-refractivity contribution in [1.82, 2.24) is 0 Å². The van der Waals surface area contributed by atoms with E-state index in [1.807, 2.05) is 0 Å². The molecule has 3 rings (SSSR count). The van der Waals surface area contributed by atoms with Gasteiger partial charge in [-0.25, -0.2) is 4.58 Å². The number of fused-ring (bicyclic) bond motifs is 2. The third-order valence-corrected chi connectivity index (χ3v) is 3.84. The van der Waals surface area contributed by atoms with Gasteiger partial charge < -0.3 is 9.47 Å². The molecule has 2 aliphatic heterocycles. The minimum atomic E-state index is 0.349. The SMILES string of the molecule is CSc1c2c(cc3c1OCO3)CC[N+](C)=C2. The predicted molar refractivity (Wildman–Crippen MR) is 64.3 cm³/mol. The summed E-state index contributed by atoms with van der Waals surface area (Å²) in [7, 11) is 2.11. The highest BCUT2D eigenvalue weighted by molar-refractivity contribution is 7.98. The van der Waals surface area contributed by atoms with Crippen molar-refractivity contribution in [2.24, 2.45) is 0 Å². The second-order valence-electron chi connectivity index (χ2n) is 4.08. The van der Waals surface area contributed by atoms with E-state index in [0.29, 0.717) is 6.79 Å². The van der Waals surface area contributed by atoms with Gasteiger partial charge in [-0.1, -0.05) is 0 Å². The van der Waals surface area contributed by atoms with E-state index < -0.39 is 0 Å². The van der Waals surface area contributed by atoms with E-state index in [-0.39, 0.29) is 0 Å². The van der Waals surface area contributed by atoms with Gasteiger partial charge in [-0.2, -0.15) is 0 Å². The number of likely N-dealkylation sites (N-methyl/N-ethyl adjacent to an activating group) is 1. The lowest BCUT2D eigenvalue weighted by molar-refractivity contribution is -0.493. The van der Waals surface area contributed by atoms with Crippen LogP contribution in [0.25, 0.3) is 0 Å². The Kier molecular flexibility index (Phi) is 2.32. The van der Waals surface area contributed by atoms with E-state index in [9.17, 15) is 0 Å². The summed E-state index contributed by atoms with van der Waals surface area (Å²) in [6.45, 7) is 1.42. The van der Waals surface area contributed by atoms with E-state index in [1.165, 1.54) is 16.0 Å². The summed E-state index contributed by atoms with van der Waals surface area (Å²) >= 11 is 1.73. The third kappa shape index (κ3) is 1.40. The fourth-order valence-electron chi connectivity index (χ4n) is 2.21. The van der Waals surface area contributed by atoms with Crippen LogP contribution in [0.5, 0.6) is 11.5 Å². The van der Waals surface area contributed by atoms with Gasteiger partial charge in [0.15, 0.2) is 17.7 Å². The maximum absolute atomic E-state index is 5.54. The number of hydrogen-bond acceptors (Lipinski definition) is 3. The number of nitrogens with zero attached hydrogens (tertiary/aromatic N) is 1. The van der Waals surface area contributed by atoms with Crippen LogP contribution in [-0.2, 0) is 6.42 Å². The van der Waals surface area contributed by atoms with Crippen LogP contribution in [0.4, 0.5) is 0 Å². The van der Waals surface area contributed by atoms with E-state index >= 15 is 0 Å². The molecule has 1 aromatic rings. The normalized spacial score (nSPS) is 17.0. The quantitative estimate of drug-likeness (QED) is 0.548. The third-order valence-electron chi connectivity index (χ3n) is 3.03. The Labute approximate surface area is 99.1 Å². The monoisotopic (exact) mass is 236 g/mol. The maximum atomic E-state index is 5.54. The van der Waals surface area contributed by atoms with Gasteiger partial charge in [0.25, 0.3) is 0 Å². The van der Waals surface area contributed by atoms with Gasteiger partial charge in [-0.15, -0.1) is 11.8 Å². The Bertz CT molecular complexity index is 482. The number of rotatable bonds is 1. The standard InChI is InChI=1S/C12H14NO2S/c1-13-4-3-8-5-10-11(15-7-14-10)12(16-2)9(8)6-13/h5-6H,3-4,7H2,1-2H3/q+1. The van der Waals surface area contributed by atoms with Crippen LogP contribution in [0.1, 0.15) is 11.1 Å². The minimum absolute atomic E-state index is 0.349. The summed E-state index contributed by atoms with van der Waals surface area (Å²) in [5.74, 6) is 1.82. The molecular weight excluding hydrogens is 222 g/mol. The summed E-state index contributed by atoms with van der Waals surface area (Å²) < 4.78 is 13.2. The minimum Gasteiger partial charge on any atom is -0.454 e. The Balaban J connectivity index is 2.24. The molecule has 0 unspecified atom stereocenters. The van der Waals surface area contributed by atoms with Gasteiger partial charge in [0.1, 0.15) is 13.6 Å². The van der Waals surface area contributed by atoms with Crippen LogP contribution < -0.4 is 9.47 Å². The molecule has 0 saturated carbocycles. The molecule has 0 saturated heterocycles. The number of thioether (sulfide) groups is 1. The van der Waals surface area contributed by atoms with E-state index in [4.69, 9.17) is 9.47 Å². The molecule has 4 heteroatoms. The van der Waals surface area contributed by atoms with Crippen molar-refractivity contribution < 1.29 is 14.0 Å². The van der Waals surface area contributed by atoms with Crippen molar-refractivity contribution in [3.63, 3.8) is 0 Å². The van der Waals surface area contributed by atoms with Crippen LogP contribution in [0.3, 0.4) is 0 Å². The van der Waals surface area contributed by atoms with Crippen LogP contribution >= 0.6 is 11.8 Å². The molecule has 0 fully saturated rings. The van der Waals surface area contributed by atoms with Crippen LogP contribution in [0.2, 0.25) is 0 Å². The first-order valence-corrected chi connectivity index (χ1v) is 6.56. The molecule has 1 aromatic carbocycles. The Morgan fingerprint density at radius 1 is 1.38 bits per heavy atom. The van der Waals surface area contributed by atoms with Gasteiger partial charge in [-0.3, -0.25) is 0 Å². The first kappa shape index (κ1) is 10.0. The second-order valence-corrected chi connectivity index (χ2v) is 4.89. The van der Waals surface area contributed by atoms with E-state index in [2.05, 4.69) is 30.2 Å². The molecule has 0 N–H and O–H groups in total. The summed E-state index contributed by atoms with van der Waals surface area (Å²) in [5.41, 5.74) is 2.66. The highest BCUT2D eigenvalue weighted by Crippen LogP contribution is 2.44. The van der Waals surface area contributed by atoms with Gasteiger partial charge in [0, 0.05) is 6.42 Å². The zero-order valence-corrected chi connectivity index (χ0v) is 10.3. The van der Waals surface area contributed by atoms with Gasteiger partial charge in [-0.05, 0) is 17.9 Å². The molecule has 2 heterocycles. The molecule has 0 aromatic heterocycles. The smallest absolute Gasteiger partial charge is 0.231 e. The fraction of sp³-hybridized carbons (Fsp3) is 0.417. The first-order valence-electron chi connectivity index (χ1n) is 5.34. The largest absolute Gasteiger partial charge is 0.454 e. The second kappa shape index (κ2) is 3.70. The first-order chi connectivity index (χ1) is 7.79. The summed E-state index contributed by atoms with van der Waals surface area (Å²) in [5, 5.41) is 0. The molecule has 0 bridgehead atoms. The van der Waals surface area contributed by atoms with Crippen molar-refractivity contribution >= 4 is 18.0 Å². The topological polar surface area (TPSA) is 21.5 Å². The maximum Gasteiger partial charge on any atom is 0.231 e. The number of benzene rings is 1. The number of ether oxygens (including phenoxy) is 2.